The molecule has 2 saturated heterocycles. The van der Waals surface area contributed by atoms with E-state index in [0.29, 0.717) is 24.5 Å². The summed E-state index contributed by atoms with van der Waals surface area (Å²) in [5.74, 6) is 0.441. The first kappa shape index (κ1) is 32.7. The van der Waals surface area contributed by atoms with Gasteiger partial charge < -0.3 is 9.64 Å². The van der Waals surface area contributed by atoms with Gasteiger partial charge in [-0.25, -0.2) is 4.98 Å². The van der Waals surface area contributed by atoms with Crippen molar-refractivity contribution >= 4 is 44.6 Å². The lowest BCUT2D eigenvalue weighted by Crippen LogP contribution is -2.46. The molecule has 3 fully saturated rings. The van der Waals surface area contributed by atoms with Crippen molar-refractivity contribution in [2.75, 3.05) is 37.6 Å². The van der Waals surface area contributed by atoms with Gasteiger partial charge in [0.1, 0.15) is 17.1 Å². The van der Waals surface area contributed by atoms with E-state index in [-0.39, 0.29) is 28.1 Å². The number of ether oxygens (including phenoxy) is 1. The van der Waals surface area contributed by atoms with Gasteiger partial charge in [0.05, 0.1) is 17.7 Å². The van der Waals surface area contributed by atoms with Crippen LogP contribution >= 0.6 is 15.9 Å². The van der Waals surface area contributed by atoms with Crippen molar-refractivity contribution in [1.29, 1.82) is 0 Å². The maximum atomic E-state index is 13.5. The van der Waals surface area contributed by atoms with Gasteiger partial charge in [0.25, 0.3) is 0 Å². The van der Waals surface area contributed by atoms with Crippen LogP contribution in [0.4, 0.5) is 19.0 Å². The molecule has 4 heterocycles. The van der Waals surface area contributed by atoms with Crippen molar-refractivity contribution in [3.63, 3.8) is 0 Å². The second-order valence-electron chi connectivity index (χ2n) is 12.7. The van der Waals surface area contributed by atoms with Crippen LogP contribution < -0.4 is 15.0 Å². The second kappa shape index (κ2) is 13.9. The molecular formula is C33H40BrF3N6O3. The number of aryl methyl sites for hydroxylation is 1. The largest absolute Gasteiger partial charge is 0.490 e. The summed E-state index contributed by atoms with van der Waals surface area (Å²) in [4.78, 5) is 33.7. The van der Waals surface area contributed by atoms with Gasteiger partial charge in [0, 0.05) is 49.5 Å². The number of halogens is 4. The number of nitrogens with zero attached hydrogens (tertiary/aromatic N) is 5. The normalized spacial score (nSPS) is 23.2. The summed E-state index contributed by atoms with van der Waals surface area (Å²) in [7, 11) is 1.84. The van der Waals surface area contributed by atoms with Crippen LogP contribution in [0.25, 0.3) is 11.0 Å². The molecule has 13 heteroatoms. The standard InChI is InChI=1S/C33H40BrF3N6O3/c1-41-31-23(30(40-41)24-13-15-28(44)39-32(24)45)12-14-27(38-31)43-19-17-42(18-20-43)16-3-2-5-21-8-10-22(11-9-21)46-26-7-4-6-25(34)29(26)33(35,36)37/h4,6-7,12,14,21-22,24H,2-3,5,8-11,13,15-20H2,1H3,(H,39,44,45). The van der Waals surface area contributed by atoms with Crippen LogP contribution in [0.15, 0.2) is 34.8 Å². The molecule has 1 N–H and O–H groups in total. The number of carbonyl (C=O) groups is 2. The van der Waals surface area contributed by atoms with Crippen LogP contribution in [0.2, 0.25) is 0 Å². The number of aromatic nitrogens is 3. The van der Waals surface area contributed by atoms with Crippen LogP contribution in [-0.4, -0.2) is 70.3 Å². The minimum absolute atomic E-state index is 0.0116. The zero-order valence-electron chi connectivity index (χ0n) is 26.0. The zero-order chi connectivity index (χ0) is 32.4. The number of imide groups is 1. The van der Waals surface area contributed by atoms with Gasteiger partial charge >= 0.3 is 6.18 Å². The van der Waals surface area contributed by atoms with Crippen molar-refractivity contribution < 1.29 is 27.5 Å². The van der Waals surface area contributed by atoms with Crippen molar-refractivity contribution in [3.8, 4) is 5.75 Å². The first-order chi connectivity index (χ1) is 22.1. The zero-order valence-corrected chi connectivity index (χ0v) is 27.6. The number of rotatable bonds is 9. The topological polar surface area (TPSA) is 92.6 Å². The van der Waals surface area contributed by atoms with Gasteiger partial charge in [-0.05, 0) is 75.3 Å². The quantitative estimate of drug-likeness (QED) is 0.210. The van der Waals surface area contributed by atoms with E-state index in [1.807, 2.05) is 19.2 Å². The molecule has 2 aromatic heterocycles. The van der Waals surface area contributed by atoms with E-state index in [1.54, 1.807) is 10.7 Å². The number of hydrogen-bond acceptors (Lipinski definition) is 7. The summed E-state index contributed by atoms with van der Waals surface area (Å²) in [6, 6.07) is 8.39. The lowest BCUT2D eigenvalue weighted by Gasteiger charge is -2.35. The molecule has 1 saturated carbocycles. The van der Waals surface area contributed by atoms with E-state index >= 15 is 0 Å². The summed E-state index contributed by atoms with van der Waals surface area (Å²) < 4.78 is 48.2. The van der Waals surface area contributed by atoms with Crippen molar-refractivity contribution in [2.45, 2.75) is 76.0 Å². The fourth-order valence-corrected chi connectivity index (χ4v) is 7.67. The number of fused-ring (bicyclic) bond motifs is 1. The Bertz CT molecular complexity index is 1560. The molecule has 9 nitrogen and oxygen atoms in total. The number of benzene rings is 1. The number of unbranched alkanes of at least 4 members (excludes halogenated alkanes) is 1. The summed E-state index contributed by atoms with van der Waals surface area (Å²) in [5.41, 5.74) is 0.677. The molecule has 0 spiro atoms. The van der Waals surface area contributed by atoms with E-state index in [9.17, 15) is 22.8 Å². The molecule has 6 rings (SSSR count). The number of piperazine rings is 1. The maximum absolute atomic E-state index is 13.5. The molecule has 1 unspecified atom stereocenters. The highest BCUT2D eigenvalue weighted by Crippen LogP contribution is 2.42. The highest BCUT2D eigenvalue weighted by atomic mass is 79.9. The Hall–Kier alpha value is -3.19. The first-order valence-corrected chi connectivity index (χ1v) is 17.0. The van der Waals surface area contributed by atoms with E-state index < -0.39 is 17.7 Å². The Labute approximate surface area is 275 Å². The molecular weight excluding hydrogens is 665 g/mol. The fraction of sp³-hybridized carbons (Fsp3) is 0.576. The van der Waals surface area contributed by atoms with E-state index in [0.717, 1.165) is 94.5 Å². The fourth-order valence-electron chi connectivity index (χ4n) is 7.10. The van der Waals surface area contributed by atoms with Gasteiger partial charge in [0.15, 0.2) is 5.65 Å². The first-order valence-electron chi connectivity index (χ1n) is 16.2. The summed E-state index contributed by atoms with van der Waals surface area (Å²) in [6.45, 7) is 4.75. The average Bonchev–Trinajstić information content (AvgIpc) is 3.35. The Morgan fingerprint density at radius 3 is 2.48 bits per heavy atom. The SMILES string of the molecule is Cn1nc(C2CCC(=O)NC2=O)c2ccc(N3CCN(CCCCC4CCC(Oc5cccc(Br)c5C(F)(F)F)CC4)CC3)nc21. The molecule has 46 heavy (non-hydrogen) atoms. The average molecular weight is 706 g/mol. The Morgan fingerprint density at radius 2 is 1.76 bits per heavy atom. The van der Waals surface area contributed by atoms with Crippen LogP contribution in [0.5, 0.6) is 5.75 Å². The highest BCUT2D eigenvalue weighted by molar-refractivity contribution is 9.10. The Balaban J connectivity index is 0.918. The Kier molecular flexibility index (Phi) is 9.88. The van der Waals surface area contributed by atoms with Crippen LogP contribution in [0.1, 0.15) is 75.0 Å². The minimum atomic E-state index is -4.46. The highest BCUT2D eigenvalue weighted by Gasteiger charge is 2.38. The number of piperidine rings is 1. The lowest BCUT2D eigenvalue weighted by atomic mass is 9.84. The predicted octanol–water partition coefficient (Wildman–Crippen LogP) is 6.20. The molecule has 3 aliphatic rings. The lowest BCUT2D eigenvalue weighted by molar-refractivity contribution is -0.140. The van der Waals surface area contributed by atoms with Crippen molar-refractivity contribution in [2.24, 2.45) is 13.0 Å². The van der Waals surface area contributed by atoms with Gasteiger partial charge in [-0.15, -0.1) is 0 Å². The minimum Gasteiger partial charge on any atom is -0.490 e. The third kappa shape index (κ3) is 7.35. The van der Waals surface area contributed by atoms with E-state index in [2.05, 4.69) is 36.1 Å². The number of anilines is 1. The molecule has 2 amide bonds. The van der Waals surface area contributed by atoms with Gasteiger partial charge in [-0.1, -0.05) is 34.8 Å². The van der Waals surface area contributed by atoms with Crippen molar-refractivity contribution in [1.82, 2.24) is 25.0 Å². The summed E-state index contributed by atoms with van der Waals surface area (Å²) >= 11 is 3.03. The maximum Gasteiger partial charge on any atom is 0.421 e. The number of alkyl halides is 3. The molecule has 0 bridgehead atoms. The Morgan fingerprint density at radius 1 is 1.00 bits per heavy atom. The predicted molar refractivity (Wildman–Crippen MR) is 172 cm³/mol. The second-order valence-corrected chi connectivity index (χ2v) is 13.6. The van der Waals surface area contributed by atoms with Crippen LogP contribution in [0, 0.1) is 5.92 Å². The molecule has 1 aromatic carbocycles. The number of nitrogens with one attached hydrogen (secondary N) is 1. The van der Waals surface area contributed by atoms with Crippen LogP contribution in [-0.2, 0) is 22.8 Å². The number of carbonyl (C=O) groups excluding carboxylic acids is 2. The third-order valence-corrected chi connectivity index (χ3v) is 10.3. The molecule has 248 valence electrons. The molecule has 0 radical (unpaired) electrons. The summed E-state index contributed by atoms with van der Waals surface area (Å²) in [6.07, 6.45) is 3.10. The van der Waals surface area contributed by atoms with Crippen LogP contribution in [0.3, 0.4) is 0 Å². The molecule has 2 aliphatic heterocycles. The number of amides is 2. The monoisotopic (exact) mass is 704 g/mol. The van der Waals surface area contributed by atoms with Gasteiger partial charge in [-0.3, -0.25) is 24.5 Å². The number of hydrogen-bond donors (Lipinski definition) is 1. The van der Waals surface area contributed by atoms with Gasteiger partial charge in [-0.2, -0.15) is 18.3 Å². The van der Waals surface area contributed by atoms with Crippen molar-refractivity contribution in [3.05, 3.63) is 46.1 Å². The number of pyridine rings is 1. The van der Waals surface area contributed by atoms with E-state index in [1.165, 1.54) is 12.1 Å². The smallest absolute Gasteiger partial charge is 0.421 e. The summed E-state index contributed by atoms with van der Waals surface area (Å²) in [5, 5.41) is 7.88. The molecule has 1 aliphatic carbocycles. The van der Waals surface area contributed by atoms with E-state index in [4.69, 9.17) is 9.72 Å². The molecule has 1 atom stereocenters. The third-order valence-electron chi connectivity index (χ3n) is 9.65. The van der Waals surface area contributed by atoms with Gasteiger partial charge in [0.2, 0.25) is 11.8 Å². The molecule has 3 aromatic rings.